The van der Waals surface area contributed by atoms with Crippen LogP contribution in [0.2, 0.25) is 0 Å². The highest BCUT2D eigenvalue weighted by Gasteiger charge is 2.16. The van der Waals surface area contributed by atoms with Gasteiger partial charge in [-0.3, -0.25) is 0 Å². The Morgan fingerprint density at radius 2 is 1.94 bits per heavy atom. The number of aromatic carboxylic acids is 1. The summed E-state index contributed by atoms with van der Waals surface area (Å²) in [7, 11) is 0.812. The van der Waals surface area contributed by atoms with E-state index < -0.39 is 5.97 Å². The van der Waals surface area contributed by atoms with Crippen molar-refractivity contribution in [3.63, 3.8) is 0 Å². The van der Waals surface area contributed by atoms with Crippen LogP contribution in [0.3, 0.4) is 0 Å². The maximum atomic E-state index is 10.9. The first-order chi connectivity index (χ1) is 7.68. The highest BCUT2D eigenvalue weighted by molar-refractivity contribution is 6.36. The van der Waals surface area contributed by atoms with Gasteiger partial charge < -0.3 is 5.11 Å². The number of carboxylic acid groups (broad SMARTS) is 1. The summed E-state index contributed by atoms with van der Waals surface area (Å²) in [5.74, 6) is -0.121. The van der Waals surface area contributed by atoms with Crippen molar-refractivity contribution < 1.29 is 9.90 Å². The first-order valence-corrected chi connectivity index (χ1v) is 7.02. The average molecular weight is 234 g/mol. The van der Waals surface area contributed by atoms with Crippen LogP contribution in [0.15, 0.2) is 18.2 Å². The molecule has 1 aliphatic rings. The van der Waals surface area contributed by atoms with E-state index in [0.29, 0.717) is 11.5 Å². The lowest BCUT2D eigenvalue weighted by Crippen LogP contribution is -2.17. The minimum atomic E-state index is -0.791. The van der Waals surface area contributed by atoms with Gasteiger partial charge in [-0.1, -0.05) is 36.6 Å². The molecule has 0 spiro atoms. The molecule has 0 atom stereocenters. The van der Waals surface area contributed by atoms with Gasteiger partial charge in [0.15, 0.2) is 0 Å². The monoisotopic (exact) mass is 234 g/mol. The molecule has 0 amide bonds. The van der Waals surface area contributed by atoms with E-state index in [1.807, 2.05) is 6.07 Å². The molecular weight excluding hydrogens is 216 g/mol. The molecule has 3 heteroatoms. The Hall–Kier alpha value is -1.09. The Kier molecular flexibility index (Phi) is 3.44. The molecule has 16 heavy (non-hydrogen) atoms. The highest BCUT2D eigenvalue weighted by atomic mass is 28.1. The molecule has 0 bridgehead atoms. The number of carboxylic acids is 1. The van der Waals surface area contributed by atoms with E-state index in [0.717, 1.165) is 15.4 Å². The first-order valence-electron chi connectivity index (χ1n) is 6.02. The molecule has 1 saturated carbocycles. The molecule has 0 saturated heterocycles. The third kappa shape index (κ3) is 2.35. The maximum Gasteiger partial charge on any atom is 0.335 e. The minimum Gasteiger partial charge on any atom is -0.478 e. The molecule has 86 valence electrons. The highest BCUT2D eigenvalue weighted by Crippen LogP contribution is 2.32. The molecule has 0 heterocycles. The molecule has 0 aromatic heterocycles. The fraction of sp³-hybridized carbons (Fsp3) is 0.462. The van der Waals surface area contributed by atoms with Gasteiger partial charge in [0.2, 0.25) is 0 Å². The van der Waals surface area contributed by atoms with Gasteiger partial charge in [-0.05, 0) is 30.4 Å². The van der Waals surface area contributed by atoms with Crippen LogP contribution in [-0.4, -0.2) is 21.3 Å². The molecule has 1 aromatic rings. The Morgan fingerprint density at radius 3 is 2.50 bits per heavy atom. The lowest BCUT2D eigenvalue weighted by molar-refractivity contribution is 0.0698. The van der Waals surface area contributed by atoms with Gasteiger partial charge in [0.25, 0.3) is 0 Å². The topological polar surface area (TPSA) is 37.3 Å². The van der Waals surface area contributed by atoms with Crippen molar-refractivity contribution >= 4 is 21.4 Å². The van der Waals surface area contributed by atoms with Gasteiger partial charge in [-0.2, -0.15) is 0 Å². The number of benzene rings is 1. The molecule has 1 N–H and O–H groups in total. The number of hydrogen-bond donors (Lipinski definition) is 1. The van der Waals surface area contributed by atoms with Gasteiger partial charge in [0, 0.05) is 10.2 Å². The molecular formula is C13H18O2Si. The number of carbonyl (C=O) groups is 1. The predicted molar refractivity (Wildman–Crippen MR) is 68.8 cm³/mol. The molecule has 1 aliphatic carbocycles. The van der Waals surface area contributed by atoms with Crippen LogP contribution < -0.4 is 5.19 Å². The van der Waals surface area contributed by atoms with Crippen molar-refractivity contribution in [2.45, 2.75) is 38.0 Å². The predicted octanol–water partition coefficient (Wildman–Crippen LogP) is 1.42. The van der Waals surface area contributed by atoms with Crippen molar-refractivity contribution in [1.29, 1.82) is 0 Å². The van der Waals surface area contributed by atoms with Gasteiger partial charge in [-0.25, -0.2) is 4.79 Å². The van der Waals surface area contributed by atoms with Crippen molar-refractivity contribution in [3.8, 4) is 0 Å². The van der Waals surface area contributed by atoms with Gasteiger partial charge in [-0.15, -0.1) is 0 Å². The summed E-state index contributed by atoms with van der Waals surface area (Å²) in [5, 5.41) is 10.0. The van der Waals surface area contributed by atoms with Gasteiger partial charge in [0.05, 0.1) is 5.56 Å². The standard InChI is InChI=1S/C13H18O2Si/c14-13(15)11-7-6-10(8-12(11)16)9-4-2-1-3-5-9/h6-9H,1-5H2,16H3,(H,14,15). The maximum absolute atomic E-state index is 10.9. The second-order valence-corrected chi connectivity index (χ2v) is 5.79. The van der Waals surface area contributed by atoms with E-state index in [1.165, 1.54) is 37.7 Å². The molecule has 2 nitrogen and oxygen atoms in total. The second-order valence-electron chi connectivity index (χ2n) is 4.71. The summed E-state index contributed by atoms with van der Waals surface area (Å²) in [6.07, 6.45) is 6.54. The summed E-state index contributed by atoms with van der Waals surface area (Å²) in [6.45, 7) is 0. The Bertz CT molecular complexity index is 395. The summed E-state index contributed by atoms with van der Waals surface area (Å²) in [6, 6.07) is 5.92. The fourth-order valence-corrected chi connectivity index (χ4v) is 3.33. The van der Waals surface area contributed by atoms with E-state index in [9.17, 15) is 4.79 Å². The van der Waals surface area contributed by atoms with Crippen LogP contribution in [0.25, 0.3) is 0 Å². The second kappa shape index (κ2) is 4.83. The van der Waals surface area contributed by atoms with E-state index in [-0.39, 0.29) is 0 Å². The summed E-state index contributed by atoms with van der Waals surface area (Å²) in [5.41, 5.74) is 1.85. The van der Waals surface area contributed by atoms with E-state index in [1.54, 1.807) is 6.07 Å². The molecule has 0 unspecified atom stereocenters. The van der Waals surface area contributed by atoms with E-state index in [4.69, 9.17) is 5.11 Å². The SMILES string of the molecule is O=C(O)c1ccc(C2CCCCC2)cc1[SiH3]. The zero-order valence-electron chi connectivity index (χ0n) is 9.70. The summed E-state index contributed by atoms with van der Waals surface area (Å²) < 4.78 is 0. The first kappa shape index (κ1) is 11.4. The summed E-state index contributed by atoms with van der Waals surface area (Å²) in [4.78, 5) is 10.9. The van der Waals surface area contributed by atoms with Gasteiger partial charge >= 0.3 is 5.97 Å². The molecule has 0 radical (unpaired) electrons. The van der Waals surface area contributed by atoms with Crippen molar-refractivity contribution in [3.05, 3.63) is 29.3 Å². The average Bonchev–Trinajstić information content (AvgIpc) is 2.29. The third-order valence-electron chi connectivity index (χ3n) is 3.56. The lowest BCUT2D eigenvalue weighted by atomic mass is 9.84. The largest absolute Gasteiger partial charge is 0.478 e. The zero-order chi connectivity index (χ0) is 11.5. The fourth-order valence-electron chi connectivity index (χ4n) is 2.62. The van der Waals surface area contributed by atoms with E-state index >= 15 is 0 Å². The zero-order valence-corrected chi connectivity index (χ0v) is 11.7. The van der Waals surface area contributed by atoms with Crippen molar-refractivity contribution in [2.75, 3.05) is 0 Å². The minimum absolute atomic E-state index is 0.492. The number of rotatable bonds is 2. The number of hydrogen-bond acceptors (Lipinski definition) is 1. The lowest BCUT2D eigenvalue weighted by Gasteiger charge is -2.22. The van der Waals surface area contributed by atoms with Gasteiger partial charge in [0.1, 0.15) is 0 Å². The van der Waals surface area contributed by atoms with E-state index in [2.05, 4.69) is 6.07 Å². The molecule has 1 fully saturated rings. The Morgan fingerprint density at radius 1 is 1.25 bits per heavy atom. The Balaban J connectivity index is 2.23. The van der Waals surface area contributed by atoms with Crippen LogP contribution in [0.1, 0.15) is 53.9 Å². The molecule has 1 aromatic carbocycles. The van der Waals surface area contributed by atoms with Crippen molar-refractivity contribution in [1.82, 2.24) is 0 Å². The third-order valence-corrected chi connectivity index (χ3v) is 4.38. The normalized spacial score (nSPS) is 17.5. The molecule has 0 aliphatic heterocycles. The summed E-state index contributed by atoms with van der Waals surface area (Å²) >= 11 is 0. The smallest absolute Gasteiger partial charge is 0.335 e. The van der Waals surface area contributed by atoms with Crippen LogP contribution in [0, 0.1) is 0 Å². The van der Waals surface area contributed by atoms with Crippen LogP contribution in [0.5, 0.6) is 0 Å². The van der Waals surface area contributed by atoms with Crippen molar-refractivity contribution in [2.24, 2.45) is 0 Å². The van der Waals surface area contributed by atoms with Crippen LogP contribution >= 0.6 is 0 Å². The Labute approximate surface area is 99.1 Å². The van der Waals surface area contributed by atoms with Crippen LogP contribution in [-0.2, 0) is 0 Å². The molecule has 2 rings (SSSR count). The quantitative estimate of drug-likeness (QED) is 0.786. The van der Waals surface area contributed by atoms with Crippen LogP contribution in [0.4, 0.5) is 0 Å².